The minimum Gasteiger partial charge on any atom is -0.335 e. The lowest BCUT2D eigenvalue weighted by atomic mass is 10.2. The Labute approximate surface area is 105 Å². The van der Waals surface area contributed by atoms with E-state index in [1.165, 1.54) is 0 Å². The molecule has 2 atom stereocenters. The fourth-order valence-electron chi connectivity index (χ4n) is 1.39. The molecule has 1 aliphatic rings. The van der Waals surface area contributed by atoms with E-state index in [2.05, 4.69) is 45.1 Å². The molecular formula is C7H14Cl2N4S2. The summed E-state index contributed by atoms with van der Waals surface area (Å²) in [6.07, 6.45) is 0. The Balaban J connectivity index is 3.01. The van der Waals surface area contributed by atoms with Crippen LogP contribution in [0.5, 0.6) is 0 Å². The van der Waals surface area contributed by atoms with Gasteiger partial charge >= 0.3 is 0 Å². The van der Waals surface area contributed by atoms with Crippen LogP contribution in [0.25, 0.3) is 0 Å². The van der Waals surface area contributed by atoms with Crippen LogP contribution in [0.3, 0.4) is 0 Å². The molecule has 0 aliphatic carbocycles. The summed E-state index contributed by atoms with van der Waals surface area (Å²) in [6.45, 7) is 8.34. The molecule has 0 saturated heterocycles. The molecule has 0 N–H and O–H groups in total. The Bertz CT molecular complexity index is 327. The number of rotatable bonds is 2. The molecule has 15 heavy (non-hydrogen) atoms. The molecule has 0 aromatic carbocycles. The van der Waals surface area contributed by atoms with Gasteiger partial charge in [0.25, 0.3) is 0 Å². The number of guanidine groups is 1. The van der Waals surface area contributed by atoms with E-state index < -0.39 is 20.2 Å². The van der Waals surface area contributed by atoms with Gasteiger partial charge in [-0.2, -0.15) is 8.76 Å². The molecular weight excluding hydrogens is 275 g/mol. The van der Waals surface area contributed by atoms with Gasteiger partial charge in [0.2, 0.25) is 5.96 Å². The van der Waals surface area contributed by atoms with E-state index in [9.17, 15) is 0 Å². The third-order valence-electron chi connectivity index (χ3n) is 1.78. The number of hydrogen-bond acceptors (Lipinski definition) is 4. The van der Waals surface area contributed by atoms with E-state index in [1.807, 2.05) is 0 Å². The van der Waals surface area contributed by atoms with Crippen LogP contribution in [-0.4, -0.2) is 22.9 Å². The van der Waals surface area contributed by atoms with Gasteiger partial charge < -0.3 is 4.90 Å². The van der Waals surface area contributed by atoms with Crippen molar-refractivity contribution < 1.29 is 0 Å². The van der Waals surface area contributed by atoms with Crippen LogP contribution in [0.1, 0.15) is 27.7 Å². The molecule has 0 aromatic heterocycles. The molecule has 1 aliphatic heterocycles. The van der Waals surface area contributed by atoms with Gasteiger partial charge in [-0.25, -0.2) is 0 Å². The fourth-order valence-corrected chi connectivity index (χ4v) is 4.24. The first-order chi connectivity index (χ1) is 6.91. The third kappa shape index (κ3) is 3.69. The Morgan fingerprint density at radius 1 is 1.07 bits per heavy atom. The largest absolute Gasteiger partial charge is 0.335 e. The van der Waals surface area contributed by atoms with Crippen LogP contribution in [0.4, 0.5) is 0 Å². The lowest BCUT2D eigenvalue weighted by Crippen LogP contribution is -2.41. The van der Waals surface area contributed by atoms with Gasteiger partial charge in [-0.05, 0) is 49.1 Å². The molecule has 0 aromatic rings. The van der Waals surface area contributed by atoms with Gasteiger partial charge in [-0.1, -0.05) is 0 Å². The minimum atomic E-state index is -0.874. The highest BCUT2D eigenvalue weighted by Gasteiger charge is 2.20. The summed E-state index contributed by atoms with van der Waals surface area (Å²) in [5.74, 6) is 0.617. The van der Waals surface area contributed by atoms with Gasteiger partial charge in [0.15, 0.2) is 0 Å². The van der Waals surface area contributed by atoms with E-state index in [1.54, 1.807) is 0 Å². The lowest BCUT2D eigenvalue weighted by Gasteiger charge is -2.31. The highest BCUT2D eigenvalue weighted by Crippen LogP contribution is 2.17. The Hall–Kier alpha value is 0.350. The average Bonchev–Trinajstić information content (AvgIpc) is 1.99. The molecule has 88 valence electrons. The van der Waals surface area contributed by atoms with Gasteiger partial charge in [0, 0.05) is 12.1 Å². The SMILES string of the molecule is CC(C)N(C1=NS(Cl)=NS(Cl)=N1)C(C)C. The maximum atomic E-state index is 5.87. The molecule has 1 heterocycles. The Morgan fingerprint density at radius 3 is 2.00 bits per heavy atom. The lowest BCUT2D eigenvalue weighted by molar-refractivity contribution is 0.290. The van der Waals surface area contributed by atoms with E-state index in [-0.39, 0.29) is 0 Å². The van der Waals surface area contributed by atoms with Crippen LogP contribution in [0, 0.1) is 0 Å². The first-order valence-electron chi connectivity index (χ1n) is 4.54. The smallest absolute Gasteiger partial charge is 0.243 e. The second-order valence-electron chi connectivity index (χ2n) is 3.59. The molecule has 0 amide bonds. The summed E-state index contributed by atoms with van der Waals surface area (Å²) in [4.78, 5) is 2.08. The van der Waals surface area contributed by atoms with Crippen molar-refractivity contribution in [2.45, 2.75) is 39.8 Å². The predicted molar refractivity (Wildman–Crippen MR) is 70.8 cm³/mol. The van der Waals surface area contributed by atoms with Crippen LogP contribution < -0.4 is 0 Å². The summed E-state index contributed by atoms with van der Waals surface area (Å²) in [7, 11) is 9.99. The zero-order valence-electron chi connectivity index (χ0n) is 9.02. The second kappa shape index (κ2) is 5.61. The first kappa shape index (κ1) is 13.4. The van der Waals surface area contributed by atoms with E-state index in [4.69, 9.17) is 21.4 Å². The standard InChI is InChI=1S/C7H14Cl2N4S2/c1-5(2)13(6(3)4)7-10-14(8)12-15(9)11-7/h5-6H,1-4H3. The number of hydrogen-bond donors (Lipinski definition) is 0. The van der Waals surface area contributed by atoms with Crippen LogP contribution in [0.2, 0.25) is 0 Å². The van der Waals surface area contributed by atoms with Crippen LogP contribution >= 0.6 is 21.4 Å². The van der Waals surface area contributed by atoms with Crippen molar-refractivity contribution in [3.63, 3.8) is 0 Å². The van der Waals surface area contributed by atoms with Gasteiger partial charge in [0.05, 0.1) is 0 Å². The van der Waals surface area contributed by atoms with Crippen molar-refractivity contribution in [2.75, 3.05) is 0 Å². The quantitative estimate of drug-likeness (QED) is 0.769. The van der Waals surface area contributed by atoms with Gasteiger partial charge in [-0.3, -0.25) is 0 Å². The monoisotopic (exact) mass is 288 g/mol. The van der Waals surface area contributed by atoms with Crippen LogP contribution in [-0.2, 0) is 20.2 Å². The second-order valence-corrected chi connectivity index (χ2v) is 7.09. The number of halogens is 2. The minimum absolute atomic E-state index is 0.313. The normalized spacial score (nSPS) is 26.0. The molecule has 2 unspecified atom stereocenters. The molecule has 0 spiro atoms. The first-order valence-corrected chi connectivity index (χ1v) is 8.46. The molecule has 0 saturated carbocycles. The van der Waals surface area contributed by atoms with Crippen molar-refractivity contribution in [2.24, 2.45) is 12.5 Å². The Kier molecular flexibility index (Phi) is 5.02. The number of nitrogens with zero attached hydrogens (tertiary/aromatic N) is 4. The van der Waals surface area contributed by atoms with Crippen molar-refractivity contribution in [1.82, 2.24) is 4.90 Å². The molecule has 1 rings (SSSR count). The fraction of sp³-hybridized carbons (Fsp3) is 0.857. The van der Waals surface area contributed by atoms with Crippen molar-refractivity contribution >= 4 is 47.5 Å². The summed E-state index contributed by atoms with van der Waals surface area (Å²) < 4.78 is 12.3. The van der Waals surface area contributed by atoms with Gasteiger partial charge in [0.1, 0.15) is 20.2 Å². The van der Waals surface area contributed by atoms with Crippen LogP contribution in [0.15, 0.2) is 12.5 Å². The molecule has 8 heteroatoms. The molecule has 0 bridgehead atoms. The summed E-state index contributed by atoms with van der Waals surface area (Å²) in [5.41, 5.74) is 0. The highest BCUT2D eigenvalue weighted by atomic mass is 35.7. The maximum Gasteiger partial charge on any atom is 0.243 e. The topological polar surface area (TPSA) is 40.3 Å². The van der Waals surface area contributed by atoms with E-state index in [0.717, 1.165) is 0 Å². The highest BCUT2D eigenvalue weighted by molar-refractivity contribution is 8.19. The Morgan fingerprint density at radius 2 is 1.60 bits per heavy atom. The summed E-state index contributed by atoms with van der Waals surface area (Å²) in [6, 6.07) is 0.626. The van der Waals surface area contributed by atoms with Crippen molar-refractivity contribution in [3.05, 3.63) is 0 Å². The zero-order chi connectivity index (χ0) is 11.6. The molecule has 0 fully saturated rings. The zero-order valence-corrected chi connectivity index (χ0v) is 12.2. The van der Waals surface area contributed by atoms with Crippen molar-refractivity contribution in [1.29, 1.82) is 0 Å². The van der Waals surface area contributed by atoms with E-state index >= 15 is 0 Å². The summed E-state index contributed by atoms with van der Waals surface area (Å²) in [5, 5.41) is 0. The molecule has 0 radical (unpaired) electrons. The maximum absolute atomic E-state index is 5.87. The van der Waals surface area contributed by atoms with E-state index in [0.29, 0.717) is 18.0 Å². The molecule has 4 nitrogen and oxygen atoms in total. The van der Waals surface area contributed by atoms with Gasteiger partial charge in [-0.15, -0.1) is 3.77 Å². The van der Waals surface area contributed by atoms with Crippen molar-refractivity contribution in [3.8, 4) is 0 Å². The average molecular weight is 289 g/mol. The predicted octanol–water partition coefficient (Wildman–Crippen LogP) is 3.22. The third-order valence-corrected chi connectivity index (χ3v) is 4.82. The summed E-state index contributed by atoms with van der Waals surface area (Å²) >= 11 is 0.